The number of para-hydroxylation sites is 1. The number of H-pyrrole nitrogens is 1. The third kappa shape index (κ3) is 5.23. The molecule has 27 heavy (non-hydrogen) atoms. The lowest BCUT2D eigenvalue weighted by Gasteiger charge is -2.10. The molecule has 0 spiro atoms. The topological polar surface area (TPSA) is 84.1 Å². The number of carbonyl (C=O) groups is 1. The first-order chi connectivity index (χ1) is 12.8. The molecule has 0 aliphatic rings. The van der Waals surface area contributed by atoms with Crippen molar-refractivity contribution >= 4 is 34.3 Å². The van der Waals surface area contributed by atoms with Crippen molar-refractivity contribution in [3.8, 4) is 5.75 Å². The molecule has 3 aromatic rings. The molecular formula is C17H12F3N3O3S. The van der Waals surface area contributed by atoms with E-state index in [9.17, 15) is 22.8 Å². The van der Waals surface area contributed by atoms with Crippen LogP contribution in [0.5, 0.6) is 5.75 Å². The zero-order valence-electron chi connectivity index (χ0n) is 13.5. The van der Waals surface area contributed by atoms with Crippen LogP contribution in [-0.4, -0.2) is 28.0 Å². The summed E-state index contributed by atoms with van der Waals surface area (Å²) in [5.41, 5.74) is 0.531. The number of carbonyl (C=O) groups excluding carboxylic acids is 1. The van der Waals surface area contributed by atoms with Crippen LogP contribution < -0.4 is 15.6 Å². The van der Waals surface area contributed by atoms with Gasteiger partial charge in [0.15, 0.2) is 5.16 Å². The molecule has 0 fully saturated rings. The van der Waals surface area contributed by atoms with Crippen molar-refractivity contribution in [2.24, 2.45) is 0 Å². The lowest BCUT2D eigenvalue weighted by atomic mass is 10.2. The number of halogens is 3. The van der Waals surface area contributed by atoms with Gasteiger partial charge in [0.1, 0.15) is 5.75 Å². The molecule has 0 bridgehead atoms. The largest absolute Gasteiger partial charge is 0.573 e. The third-order valence-corrected chi connectivity index (χ3v) is 4.18. The minimum absolute atomic E-state index is 0.0396. The average Bonchev–Trinajstić information content (AvgIpc) is 2.60. The number of benzene rings is 2. The van der Waals surface area contributed by atoms with E-state index in [0.29, 0.717) is 21.7 Å². The van der Waals surface area contributed by atoms with E-state index in [4.69, 9.17) is 0 Å². The quantitative estimate of drug-likeness (QED) is 0.510. The van der Waals surface area contributed by atoms with Crippen LogP contribution in [0, 0.1) is 0 Å². The lowest BCUT2D eigenvalue weighted by Crippen LogP contribution is -2.17. The maximum absolute atomic E-state index is 12.1. The van der Waals surface area contributed by atoms with E-state index < -0.39 is 12.3 Å². The summed E-state index contributed by atoms with van der Waals surface area (Å²) in [6.07, 6.45) is -4.77. The number of nitrogens with one attached hydrogen (secondary N) is 2. The summed E-state index contributed by atoms with van der Waals surface area (Å²) < 4.78 is 40.1. The SMILES string of the molecule is O=C(CSc1nc2ccccc2c(=O)[nH]1)Nc1ccc(OC(F)(F)F)cc1. The molecule has 10 heteroatoms. The zero-order chi connectivity index (χ0) is 19.4. The molecular weight excluding hydrogens is 383 g/mol. The molecule has 2 N–H and O–H groups in total. The lowest BCUT2D eigenvalue weighted by molar-refractivity contribution is -0.274. The molecule has 3 rings (SSSR count). The zero-order valence-corrected chi connectivity index (χ0v) is 14.4. The van der Waals surface area contributed by atoms with Crippen LogP contribution in [0.3, 0.4) is 0 Å². The standard InChI is InChI=1S/C17H12F3N3O3S/c18-17(19,20)26-11-7-5-10(6-8-11)21-14(24)9-27-16-22-13-4-2-1-3-12(13)15(25)23-16/h1-8H,9H2,(H,21,24)(H,22,23,25). The number of amides is 1. The summed E-state index contributed by atoms with van der Waals surface area (Å²) in [5.74, 6) is -0.824. The number of aromatic nitrogens is 2. The van der Waals surface area contributed by atoms with E-state index in [1.165, 1.54) is 12.1 Å². The Balaban J connectivity index is 1.59. The molecule has 2 aromatic carbocycles. The maximum atomic E-state index is 12.1. The first-order valence-electron chi connectivity index (χ1n) is 7.58. The van der Waals surface area contributed by atoms with Crippen LogP contribution in [-0.2, 0) is 4.79 Å². The number of hydrogen-bond donors (Lipinski definition) is 2. The second kappa shape index (κ2) is 7.70. The highest BCUT2D eigenvalue weighted by atomic mass is 32.2. The van der Waals surface area contributed by atoms with Crippen molar-refractivity contribution in [1.82, 2.24) is 9.97 Å². The van der Waals surface area contributed by atoms with Gasteiger partial charge >= 0.3 is 6.36 Å². The summed E-state index contributed by atoms with van der Waals surface area (Å²) in [5, 5.41) is 3.28. The molecule has 1 amide bonds. The van der Waals surface area contributed by atoms with Crippen molar-refractivity contribution in [3.63, 3.8) is 0 Å². The smallest absolute Gasteiger partial charge is 0.406 e. The Morgan fingerprint density at radius 3 is 2.56 bits per heavy atom. The van der Waals surface area contributed by atoms with E-state index in [0.717, 1.165) is 23.9 Å². The average molecular weight is 395 g/mol. The van der Waals surface area contributed by atoms with Crippen LogP contribution in [0.4, 0.5) is 18.9 Å². The normalized spacial score (nSPS) is 11.4. The summed E-state index contributed by atoms with van der Waals surface area (Å²) in [7, 11) is 0. The summed E-state index contributed by atoms with van der Waals surface area (Å²) in [4.78, 5) is 30.8. The molecule has 0 unspecified atom stereocenters. The van der Waals surface area contributed by atoms with Gasteiger partial charge in [-0.1, -0.05) is 23.9 Å². The van der Waals surface area contributed by atoms with E-state index in [1.807, 2.05) is 0 Å². The molecule has 0 atom stereocenters. The Morgan fingerprint density at radius 2 is 1.85 bits per heavy atom. The Labute approximate surface area is 154 Å². The monoisotopic (exact) mass is 395 g/mol. The van der Waals surface area contributed by atoms with Gasteiger partial charge in [0.05, 0.1) is 16.7 Å². The van der Waals surface area contributed by atoms with Gasteiger partial charge in [-0.3, -0.25) is 9.59 Å². The molecule has 0 saturated carbocycles. The molecule has 1 heterocycles. The van der Waals surface area contributed by atoms with Gasteiger partial charge in [0, 0.05) is 5.69 Å². The first kappa shape index (κ1) is 18.8. The predicted octanol–water partition coefficient (Wildman–Crippen LogP) is 3.55. The van der Waals surface area contributed by atoms with Crippen molar-refractivity contribution < 1.29 is 22.7 Å². The summed E-state index contributed by atoms with van der Waals surface area (Å²) >= 11 is 1.04. The number of aromatic amines is 1. The van der Waals surface area contributed by atoms with Gasteiger partial charge in [-0.15, -0.1) is 13.2 Å². The van der Waals surface area contributed by atoms with Crippen molar-refractivity contribution in [2.75, 3.05) is 11.1 Å². The molecule has 1 aromatic heterocycles. The second-order valence-corrected chi connectivity index (χ2v) is 6.26. The number of anilines is 1. The Bertz CT molecular complexity index is 1020. The van der Waals surface area contributed by atoms with E-state index >= 15 is 0 Å². The number of fused-ring (bicyclic) bond motifs is 1. The van der Waals surface area contributed by atoms with Crippen LogP contribution in [0.15, 0.2) is 58.5 Å². The minimum atomic E-state index is -4.77. The first-order valence-corrected chi connectivity index (χ1v) is 8.56. The van der Waals surface area contributed by atoms with Crippen molar-refractivity contribution in [3.05, 3.63) is 58.9 Å². The third-order valence-electron chi connectivity index (χ3n) is 3.30. The Morgan fingerprint density at radius 1 is 1.15 bits per heavy atom. The molecule has 0 aliphatic carbocycles. The van der Waals surface area contributed by atoms with Gasteiger partial charge in [-0.2, -0.15) is 0 Å². The fourth-order valence-electron chi connectivity index (χ4n) is 2.20. The van der Waals surface area contributed by atoms with Gasteiger partial charge < -0.3 is 15.0 Å². The fourth-order valence-corrected chi connectivity index (χ4v) is 2.87. The molecule has 0 aliphatic heterocycles. The van der Waals surface area contributed by atoms with Crippen molar-refractivity contribution in [2.45, 2.75) is 11.5 Å². The van der Waals surface area contributed by atoms with E-state index in [1.54, 1.807) is 24.3 Å². The highest BCUT2D eigenvalue weighted by Gasteiger charge is 2.30. The minimum Gasteiger partial charge on any atom is -0.406 e. The second-order valence-electron chi connectivity index (χ2n) is 5.30. The number of alkyl halides is 3. The molecule has 0 radical (unpaired) electrons. The summed E-state index contributed by atoms with van der Waals surface area (Å²) in [6.45, 7) is 0. The molecule has 0 saturated heterocycles. The van der Waals surface area contributed by atoms with Crippen LogP contribution in [0.1, 0.15) is 0 Å². The highest BCUT2D eigenvalue weighted by Crippen LogP contribution is 2.24. The van der Waals surface area contributed by atoms with Gasteiger partial charge in [0.25, 0.3) is 5.56 Å². The summed E-state index contributed by atoms with van der Waals surface area (Å²) in [6, 6.07) is 11.6. The van der Waals surface area contributed by atoms with Crippen molar-refractivity contribution in [1.29, 1.82) is 0 Å². The number of nitrogens with zero attached hydrogens (tertiary/aromatic N) is 1. The number of ether oxygens (including phenoxy) is 1. The number of rotatable bonds is 5. The molecule has 6 nitrogen and oxygen atoms in total. The predicted molar refractivity (Wildman–Crippen MR) is 94.8 cm³/mol. The van der Waals surface area contributed by atoms with E-state index in [2.05, 4.69) is 20.0 Å². The Hall–Kier alpha value is -3.01. The highest BCUT2D eigenvalue weighted by molar-refractivity contribution is 7.99. The van der Waals surface area contributed by atoms with Crippen LogP contribution in [0.25, 0.3) is 10.9 Å². The number of hydrogen-bond acceptors (Lipinski definition) is 5. The van der Waals surface area contributed by atoms with Gasteiger partial charge in [0.2, 0.25) is 5.91 Å². The number of thioether (sulfide) groups is 1. The Kier molecular flexibility index (Phi) is 5.36. The van der Waals surface area contributed by atoms with Crippen LogP contribution in [0.2, 0.25) is 0 Å². The van der Waals surface area contributed by atoms with Crippen LogP contribution >= 0.6 is 11.8 Å². The van der Waals surface area contributed by atoms with Gasteiger partial charge in [-0.05, 0) is 36.4 Å². The van der Waals surface area contributed by atoms with Gasteiger partial charge in [-0.25, -0.2) is 4.98 Å². The fraction of sp³-hybridized carbons (Fsp3) is 0.118. The maximum Gasteiger partial charge on any atom is 0.573 e. The van der Waals surface area contributed by atoms with E-state index in [-0.39, 0.29) is 17.1 Å². The molecule has 140 valence electrons.